The van der Waals surface area contributed by atoms with E-state index >= 15 is 0 Å². The van der Waals surface area contributed by atoms with Crippen molar-refractivity contribution in [3.63, 3.8) is 0 Å². The first kappa shape index (κ1) is 21.4. The van der Waals surface area contributed by atoms with Crippen molar-refractivity contribution in [2.45, 2.75) is 20.0 Å². The molecule has 2 heterocycles. The summed E-state index contributed by atoms with van der Waals surface area (Å²) in [5.41, 5.74) is 1.03. The van der Waals surface area contributed by atoms with Gasteiger partial charge < -0.3 is 10.6 Å². The van der Waals surface area contributed by atoms with E-state index in [2.05, 4.69) is 20.7 Å². The van der Waals surface area contributed by atoms with E-state index in [0.717, 1.165) is 12.1 Å². The lowest BCUT2D eigenvalue weighted by atomic mass is 10.0. The van der Waals surface area contributed by atoms with Crippen molar-refractivity contribution < 1.29 is 22.4 Å². The average Bonchev–Trinajstić information content (AvgIpc) is 3.29. The first-order chi connectivity index (χ1) is 15.2. The molecule has 0 fully saturated rings. The Balaban J connectivity index is 1.79. The number of carbonyl (C=O) groups excluding carboxylic acids is 1. The van der Waals surface area contributed by atoms with E-state index in [1.54, 1.807) is 13.0 Å². The van der Waals surface area contributed by atoms with Crippen molar-refractivity contribution in [1.29, 1.82) is 0 Å². The summed E-state index contributed by atoms with van der Waals surface area (Å²) in [6, 6.07) is 8.99. The van der Waals surface area contributed by atoms with E-state index in [9.17, 15) is 22.4 Å². The highest BCUT2D eigenvalue weighted by Gasteiger charge is 2.32. The highest BCUT2D eigenvalue weighted by atomic mass is 19.4. The Kier molecular flexibility index (Phi) is 5.37. The number of fused-ring (bicyclic) bond motifs is 1. The molecular formula is C22H19F4N5O. The molecule has 0 aliphatic heterocycles. The lowest BCUT2D eigenvalue weighted by Crippen LogP contribution is -2.11. The Hall–Kier alpha value is -3.82. The van der Waals surface area contributed by atoms with Gasteiger partial charge in [0.1, 0.15) is 17.1 Å². The van der Waals surface area contributed by atoms with Gasteiger partial charge in [-0.2, -0.15) is 13.2 Å². The summed E-state index contributed by atoms with van der Waals surface area (Å²) < 4.78 is 54.6. The number of aryl methyl sites for hydroxylation is 1. The van der Waals surface area contributed by atoms with E-state index in [1.165, 1.54) is 35.0 Å². The van der Waals surface area contributed by atoms with Gasteiger partial charge in [0.05, 0.1) is 5.56 Å². The summed E-state index contributed by atoms with van der Waals surface area (Å²) in [5.74, 6) is -0.499. The van der Waals surface area contributed by atoms with Gasteiger partial charge in [0.15, 0.2) is 11.5 Å². The number of anilines is 2. The largest absolute Gasteiger partial charge is 0.416 e. The lowest BCUT2D eigenvalue weighted by Gasteiger charge is -2.11. The van der Waals surface area contributed by atoms with E-state index < -0.39 is 23.5 Å². The molecule has 2 aromatic carbocycles. The molecule has 0 radical (unpaired) electrons. The molecule has 0 unspecified atom stereocenters. The third-order valence-corrected chi connectivity index (χ3v) is 4.83. The molecule has 0 spiro atoms. The number of alkyl halides is 3. The van der Waals surface area contributed by atoms with Gasteiger partial charge in [-0.25, -0.2) is 13.9 Å². The van der Waals surface area contributed by atoms with Crippen molar-refractivity contribution in [2.24, 2.45) is 0 Å². The molecule has 1 amide bonds. The zero-order chi connectivity index (χ0) is 23.0. The van der Waals surface area contributed by atoms with Crippen molar-refractivity contribution >= 4 is 23.1 Å². The number of amides is 1. The quantitative estimate of drug-likeness (QED) is 0.356. The van der Waals surface area contributed by atoms with E-state index in [-0.39, 0.29) is 22.5 Å². The van der Waals surface area contributed by atoms with Crippen LogP contribution in [0.2, 0.25) is 0 Å². The third kappa shape index (κ3) is 4.03. The summed E-state index contributed by atoms with van der Waals surface area (Å²) >= 11 is 0. The Morgan fingerprint density at radius 3 is 2.53 bits per heavy atom. The van der Waals surface area contributed by atoms with Crippen LogP contribution < -0.4 is 10.6 Å². The number of nitrogens with one attached hydrogen (secondary N) is 3. The molecule has 0 aliphatic rings. The van der Waals surface area contributed by atoms with Crippen LogP contribution >= 0.6 is 0 Å². The molecule has 4 aromatic rings. The fourth-order valence-corrected chi connectivity index (χ4v) is 3.43. The van der Waals surface area contributed by atoms with Gasteiger partial charge in [0, 0.05) is 24.0 Å². The Morgan fingerprint density at radius 1 is 1.16 bits per heavy atom. The number of aromatic nitrogens is 3. The van der Waals surface area contributed by atoms with Gasteiger partial charge in [-0.05, 0) is 61.9 Å². The molecule has 0 bridgehead atoms. The highest BCUT2D eigenvalue weighted by Crippen LogP contribution is 2.36. The topological polar surface area (TPSA) is 74.2 Å². The van der Waals surface area contributed by atoms with Gasteiger partial charge in [-0.3, -0.25) is 9.89 Å². The predicted molar refractivity (Wildman–Crippen MR) is 113 cm³/mol. The molecule has 0 saturated carbocycles. The van der Waals surface area contributed by atoms with Gasteiger partial charge in [-0.1, -0.05) is 0 Å². The van der Waals surface area contributed by atoms with Crippen LogP contribution in [-0.2, 0) is 6.18 Å². The zero-order valence-electron chi connectivity index (χ0n) is 17.1. The highest BCUT2D eigenvalue weighted by molar-refractivity contribution is 6.08. The van der Waals surface area contributed by atoms with Crippen LogP contribution in [0.25, 0.3) is 16.9 Å². The molecule has 0 atom stereocenters. The molecule has 0 aliphatic carbocycles. The molecular weight excluding hydrogens is 426 g/mol. The number of benzene rings is 2. The van der Waals surface area contributed by atoms with E-state index in [1.807, 2.05) is 6.92 Å². The van der Waals surface area contributed by atoms with E-state index in [4.69, 9.17) is 0 Å². The van der Waals surface area contributed by atoms with Crippen molar-refractivity contribution in [3.05, 3.63) is 71.2 Å². The van der Waals surface area contributed by atoms with Gasteiger partial charge in [0.25, 0.3) is 5.91 Å². The molecule has 3 N–H and O–H groups in total. The van der Waals surface area contributed by atoms with Crippen molar-refractivity contribution in [3.8, 4) is 11.3 Å². The van der Waals surface area contributed by atoms with Gasteiger partial charge in [0.2, 0.25) is 0 Å². The van der Waals surface area contributed by atoms with Crippen LogP contribution in [0.3, 0.4) is 0 Å². The van der Waals surface area contributed by atoms with Gasteiger partial charge in [-0.15, -0.1) is 0 Å². The molecule has 10 heteroatoms. The number of nitrogens with zero attached hydrogens (tertiary/aromatic N) is 2. The maximum atomic E-state index is 13.3. The van der Waals surface area contributed by atoms with Crippen LogP contribution in [0.4, 0.5) is 29.1 Å². The van der Waals surface area contributed by atoms with Crippen LogP contribution in [-0.4, -0.2) is 27.0 Å². The molecule has 6 nitrogen and oxygen atoms in total. The molecule has 4 rings (SSSR count). The van der Waals surface area contributed by atoms with Crippen LogP contribution in [0.1, 0.15) is 28.4 Å². The SMILES string of the molecule is CCNc1c(-c2cc(C)cc(C(F)(F)F)c2)nc2c(C(=O)Nc3ccc(F)cc3)c[nH]n12. The third-order valence-electron chi connectivity index (χ3n) is 4.83. The number of hydrogen-bond acceptors (Lipinski definition) is 3. The maximum Gasteiger partial charge on any atom is 0.416 e. The average molecular weight is 445 g/mol. The van der Waals surface area contributed by atoms with Gasteiger partial charge >= 0.3 is 6.18 Å². The number of carbonyl (C=O) groups is 1. The second-order valence-electron chi connectivity index (χ2n) is 7.23. The standard InChI is InChI=1S/C22H19F4N5O/c1-3-27-20-18(13-8-12(2)9-14(10-13)22(24,25)26)30-19-17(11-28-31(19)20)21(32)29-16-6-4-15(23)5-7-16/h4-11,27-28H,3H2,1-2H3,(H,29,32). The Morgan fingerprint density at radius 2 is 1.88 bits per heavy atom. The number of imidazole rings is 1. The Labute approximate surface area is 180 Å². The van der Waals surface area contributed by atoms with Crippen molar-refractivity contribution in [2.75, 3.05) is 17.2 Å². The molecule has 32 heavy (non-hydrogen) atoms. The fourth-order valence-electron chi connectivity index (χ4n) is 3.43. The summed E-state index contributed by atoms with van der Waals surface area (Å²) in [6.45, 7) is 3.90. The predicted octanol–water partition coefficient (Wildman–Crippen LogP) is 5.48. The Bertz CT molecular complexity index is 1290. The number of hydrogen-bond donors (Lipinski definition) is 3. The fraction of sp³-hybridized carbons (Fsp3) is 0.182. The van der Waals surface area contributed by atoms with Crippen LogP contribution in [0.15, 0.2) is 48.7 Å². The van der Waals surface area contributed by atoms with Crippen LogP contribution in [0.5, 0.6) is 0 Å². The minimum Gasteiger partial charge on any atom is -0.368 e. The number of rotatable bonds is 5. The zero-order valence-corrected chi connectivity index (χ0v) is 17.1. The molecule has 2 aromatic heterocycles. The number of aromatic amines is 1. The molecule has 166 valence electrons. The second-order valence-corrected chi connectivity index (χ2v) is 7.23. The summed E-state index contributed by atoms with van der Waals surface area (Å²) in [7, 11) is 0. The molecule has 0 saturated heterocycles. The monoisotopic (exact) mass is 445 g/mol. The normalized spacial score (nSPS) is 11.7. The van der Waals surface area contributed by atoms with Crippen LogP contribution in [0, 0.1) is 12.7 Å². The first-order valence-corrected chi connectivity index (χ1v) is 9.77. The smallest absolute Gasteiger partial charge is 0.368 e. The summed E-state index contributed by atoms with van der Waals surface area (Å²) in [5, 5.41) is 8.67. The summed E-state index contributed by atoms with van der Waals surface area (Å²) in [6.07, 6.45) is -3.05. The maximum absolute atomic E-state index is 13.3. The summed E-state index contributed by atoms with van der Waals surface area (Å²) in [4.78, 5) is 17.3. The first-order valence-electron chi connectivity index (χ1n) is 9.77. The number of H-pyrrole nitrogens is 1. The lowest BCUT2D eigenvalue weighted by molar-refractivity contribution is -0.137. The van der Waals surface area contributed by atoms with Crippen molar-refractivity contribution in [1.82, 2.24) is 14.6 Å². The second kappa shape index (κ2) is 8.03. The van der Waals surface area contributed by atoms with E-state index in [0.29, 0.717) is 23.6 Å². The minimum atomic E-state index is -4.50. The minimum absolute atomic E-state index is 0.184. The number of halogens is 4.